The van der Waals surface area contributed by atoms with Crippen LogP contribution in [0.1, 0.15) is 58.1 Å². The summed E-state index contributed by atoms with van der Waals surface area (Å²) in [6.07, 6.45) is 1.61. The van der Waals surface area contributed by atoms with Crippen molar-refractivity contribution in [3.63, 3.8) is 0 Å². The maximum atomic E-state index is 12.1. The second-order valence-electron chi connectivity index (χ2n) is 7.98. The van der Waals surface area contributed by atoms with Crippen molar-refractivity contribution in [1.29, 1.82) is 0 Å². The van der Waals surface area contributed by atoms with Gasteiger partial charge < -0.3 is 26.3 Å². The Morgan fingerprint density at radius 3 is 2.29 bits per heavy atom. The molecule has 0 heterocycles. The molecule has 158 valence electrons. The third-order valence-corrected chi connectivity index (χ3v) is 4.18. The van der Waals surface area contributed by atoms with Gasteiger partial charge in [-0.05, 0) is 64.6 Å². The fraction of sp³-hybridized carbons (Fsp3) is 0.619. The summed E-state index contributed by atoms with van der Waals surface area (Å²) in [5, 5.41) is 2.79. The maximum Gasteiger partial charge on any atom is 0.407 e. The van der Waals surface area contributed by atoms with Crippen molar-refractivity contribution < 1.29 is 19.1 Å². The van der Waals surface area contributed by atoms with Crippen molar-refractivity contribution >= 4 is 12.0 Å². The number of benzene rings is 1. The van der Waals surface area contributed by atoms with Gasteiger partial charge in [0.2, 0.25) is 5.91 Å². The van der Waals surface area contributed by atoms with E-state index >= 15 is 0 Å². The summed E-state index contributed by atoms with van der Waals surface area (Å²) < 4.78 is 11.2. The predicted octanol–water partition coefficient (Wildman–Crippen LogP) is 2.64. The van der Waals surface area contributed by atoms with Crippen LogP contribution in [0.2, 0.25) is 0 Å². The largest absolute Gasteiger partial charge is 0.444 e. The molecule has 0 fully saturated rings. The summed E-state index contributed by atoms with van der Waals surface area (Å²) in [7, 11) is 0. The molecule has 28 heavy (non-hydrogen) atoms. The normalized spacial score (nSPS) is 13.6. The Balaban J connectivity index is 2.62. The van der Waals surface area contributed by atoms with Crippen molar-refractivity contribution in [3.05, 3.63) is 35.4 Å². The molecule has 0 aliphatic carbocycles. The van der Waals surface area contributed by atoms with E-state index in [0.717, 1.165) is 18.4 Å². The topological polar surface area (TPSA) is 117 Å². The number of primary amides is 1. The average Bonchev–Trinajstić information content (AvgIpc) is 2.60. The van der Waals surface area contributed by atoms with E-state index in [-0.39, 0.29) is 18.6 Å². The molecule has 0 aliphatic heterocycles. The molecule has 0 aliphatic rings. The van der Waals surface area contributed by atoms with Crippen molar-refractivity contribution in [2.24, 2.45) is 11.5 Å². The number of aryl methyl sites for hydroxylation is 1. The summed E-state index contributed by atoms with van der Waals surface area (Å²) in [6.45, 7) is 8.33. The Labute approximate surface area is 168 Å². The predicted molar refractivity (Wildman–Crippen MR) is 110 cm³/mol. The van der Waals surface area contributed by atoms with Gasteiger partial charge in [-0.15, -0.1) is 0 Å². The van der Waals surface area contributed by atoms with Crippen LogP contribution in [-0.4, -0.2) is 36.3 Å². The van der Waals surface area contributed by atoms with Gasteiger partial charge in [-0.3, -0.25) is 4.79 Å². The number of alkyl carbamates (subject to hydrolysis) is 1. The molecule has 0 radical (unpaired) electrons. The van der Waals surface area contributed by atoms with E-state index in [0.29, 0.717) is 19.6 Å². The quantitative estimate of drug-likeness (QED) is 0.534. The van der Waals surface area contributed by atoms with E-state index in [1.807, 2.05) is 19.1 Å². The third-order valence-electron chi connectivity index (χ3n) is 4.18. The summed E-state index contributed by atoms with van der Waals surface area (Å²) in [6, 6.07) is 7.81. The SMILES string of the molecule is CC(OCc1ccc(CCCN)cc1)C(CCC(N)=O)NC(=O)OC(C)(C)C. The number of nitrogens with one attached hydrogen (secondary N) is 1. The Kier molecular flexibility index (Phi) is 9.96. The summed E-state index contributed by atoms with van der Waals surface area (Å²) >= 11 is 0. The van der Waals surface area contributed by atoms with Gasteiger partial charge >= 0.3 is 6.09 Å². The molecule has 5 N–H and O–H groups in total. The number of carbonyl (C=O) groups is 2. The summed E-state index contributed by atoms with van der Waals surface area (Å²) in [4.78, 5) is 23.3. The minimum Gasteiger partial charge on any atom is -0.444 e. The van der Waals surface area contributed by atoms with Crippen molar-refractivity contribution in [3.8, 4) is 0 Å². The molecular weight excluding hydrogens is 358 g/mol. The Morgan fingerprint density at radius 1 is 1.14 bits per heavy atom. The monoisotopic (exact) mass is 393 g/mol. The van der Waals surface area contributed by atoms with Crippen LogP contribution < -0.4 is 16.8 Å². The number of carbonyl (C=O) groups excluding carboxylic acids is 2. The number of rotatable bonds is 11. The minimum atomic E-state index is -0.603. The first kappa shape index (κ1) is 23.9. The number of ether oxygens (including phenoxy) is 2. The van der Waals surface area contributed by atoms with Gasteiger partial charge in [-0.25, -0.2) is 4.79 Å². The highest BCUT2D eigenvalue weighted by Crippen LogP contribution is 2.13. The Hall–Kier alpha value is -2.12. The second-order valence-corrected chi connectivity index (χ2v) is 7.98. The molecule has 7 heteroatoms. The molecule has 1 aromatic rings. The Morgan fingerprint density at radius 2 is 1.75 bits per heavy atom. The van der Waals surface area contributed by atoms with E-state index in [4.69, 9.17) is 20.9 Å². The molecule has 1 rings (SSSR count). The number of hydrogen-bond acceptors (Lipinski definition) is 5. The fourth-order valence-corrected chi connectivity index (χ4v) is 2.63. The first-order valence-corrected chi connectivity index (χ1v) is 9.78. The van der Waals surface area contributed by atoms with E-state index in [1.165, 1.54) is 5.56 Å². The highest BCUT2D eigenvalue weighted by Gasteiger charge is 2.24. The lowest BCUT2D eigenvalue weighted by atomic mass is 10.1. The Bertz CT molecular complexity index is 611. The third kappa shape index (κ3) is 10.3. The molecule has 0 bridgehead atoms. The lowest BCUT2D eigenvalue weighted by molar-refractivity contribution is -0.118. The zero-order valence-corrected chi connectivity index (χ0v) is 17.5. The molecule has 7 nitrogen and oxygen atoms in total. The van der Waals surface area contributed by atoms with Gasteiger partial charge in [0.25, 0.3) is 0 Å². The van der Waals surface area contributed by atoms with Crippen LogP contribution in [0.4, 0.5) is 4.79 Å². The molecule has 2 unspecified atom stereocenters. The minimum absolute atomic E-state index is 0.157. The van der Waals surface area contributed by atoms with Crippen molar-refractivity contribution in [1.82, 2.24) is 5.32 Å². The number of hydrogen-bond donors (Lipinski definition) is 3. The van der Waals surface area contributed by atoms with E-state index in [2.05, 4.69) is 17.4 Å². The molecule has 0 saturated carbocycles. The first-order valence-electron chi connectivity index (χ1n) is 9.78. The lowest BCUT2D eigenvalue weighted by Gasteiger charge is -2.27. The molecule has 1 aromatic carbocycles. The average molecular weight is 394 g/mol. The van der Waals surface area contributed by atoms with E-state index in [1.54, 1.807) is 20.8 Å². The zero-order chi connectivity index (χ0) is 21.2. The maximum absolute atomic E-state index is 12.1. The van der Waals surface area contributed by atoms with Crippen molar-refractivity contribution in [2.75, 3.05) is 6.54 Å². The zero-order valence-electron chi connectivity index (χ0n) is 17.5. The number of nitrogens with two attached hydrogens (primary N) is 2. The van der Waals surface area contributed by atoms with Crippen LogP contribution in [0.15, 0.2) is 24.3 Å². The van der Waals surface area contributed by atoms with Gasteiger partial charge in [-0.2, -0.15) is 0 Å². The molecule has 0 spiro atoms. The van der Waals surface area contributed by atoms with Gasteiger partial charge in [-0.1, -0.05) is 24.3 Å². The van der Waals surface area contributed by atoms with Gasteiger partial charge in [0, 0.05) is 6.42 Å². The first-order chi connectivity index (χ1) is 13.1. The van der Waals surface area contributed by atoms with Gasteiger partial charge in [0.1, 0.15) is 5.60 Å². The molecule has 0 saturated heterocycles. The number of amides is 2. The molecule has 0 aromatic heterocycles. The van der Waals surface area contributed by atoms with Crippen LogP contribution in [0.3, 0.4) is 0 Å². The molecular formula is C21H35N3O4. The second kappa shape index (κ2) is 11.7. The van der Waals surface area contributed by atoms with Crippen LogP contribution >= 0.6 is 0 Å². The highest BCUT2D eigenvalue weighted by atomic mass is 16.6. The van der Waals surface area contributed by atoms with Crippen LogP contribution in [0.5, 0.6) is 0 Å². The van der Waals surface area contributed by atoms with Crippen molar-refractivity contribution in [2.45, 2.75) is 77.7 Å². The van der Waals surface area contributed by atoms with Crippen LogP contribution in [0.25, 0.3) is 0 Å². The van der Waals surface area contributed by atoms with Crippen LogP contribution in [0, 0.1) is 0 Å². The summed E-state index contributed by atoms with van der Waals surface area (Å²) in [5.74, 6) is -0.420. The van der Waals surface area contributed by atoms with E-state index < -0.39 is 17.6 Å². The lowest BCUT2D eigenvalue weighted by Crippen LogP contribution is -2.45. The standard InChI is InChI=1S/C21H35N3O4/c1-15(27-14-17-9-7-16(8-10-17)6-5-13-22)18(11-12-19(23)25)24-20(26)28-21(2,3)4/h7-10,15,18H,5-6,11-14,22H2,1-4H3,(H2,23,25)(H,24,26). The van der Waals surface area contributed by atoms with Crippen LogP contribution in [-0.2, 0) is 27.3 Å². The summed E-state index contributed by atoms with van der Waals surface area (Å²) in [5.41, 5.74) is 12.5. The highest BCUT2D eigenvalue weighted by molar-refractivity contribution is 5.74. The smallest absolute Gasteiger partial charge is 0.407 e. The fourth-order valence-electron chi connectivity index (χ4n) is 2.63. The molecule has 2 atom stereocenters. The van der Waals surface area contributed by atoms with Gasteiger partial charge in [0.05, 0.1) is 18.8 Å². The van der Waals surface area contributed by atoms with Gasteiger partial charge in [0.15, 0.2) is 0 Å². The molecule has 2 amide bonds. The van der Waals surface area contributed by atoms with E-state index in [9.17, 15) is 9.59 Å².